The first-order valence-corrected chi connectivity index (χ1v) is 3.22. The lowest BCUT2D eigenvalue weighted by Gasteiger charge is -2.15. The summed E-state index contributed by atoms with van der Waals surface area (Å²) in [7, 11) is 1.79. The summed E-state index contributed by atoms with van der Waals surface area (Å²) in [5, 5.41) is 0. The third-order valence-corrected chi connectivity index (χ3v) is 2.37. The molecule has 48 valence electrons. The molecular weight excluding hydrogens is 100 g/mol. The highest BCUT2D eigenvalue weighted by Crippen LogP contribution is 2.48. The highest BCUT2D eigenvalue weighted by atomic mass is 16.5. The summed E-state index contributed by atoms with van der Waals surface area (Å²) in [6, 6.07) is 0. The van der Waals surface area contributed by atoms with Crippen LogP contribution in [0.4, 0.5) is 0 Å². The predicted octanol–water partition coefficient (Wildman–Crippen LogP) is 1.82. The summed E-state index contributed by atoms with van der Waals surface area (Å²) < 4.78 is 5.18. The molecule has 0 heterocycles. The highest BCUT2D eigenvalue weighted by molar-refractivity contribution is 4.93. The van der Waals surface area contributed by atoms with Gasteiger partial charge in [-0.25, -0.2) is 0 Å². The van der Waals surface area contributed by atoms with Crippen LogP contribution in [0.25, 0.3) is 0 Å². The van der Waals surface area contributed by atoms with Crippen LogP contribution < -0.4 is 0 Å². The summed E-state index contributed by atoms with van der Waals surface area (Å²) in [4.78, 5) is 0. The van der Waals surface area contributed by atoms with Gasteiger partial charge in [0.15, 0.2) is 0 Å². The summed E-state index contributed by atoms with van der Waals surface area (Å²) in [6.45, 7) is 4.42. The molecule has 1 aliphatic rings. The molecule has 1 atom stereocenters. The van der Waals surface area contributed by atoms with Gasteiger partial charge in [-0.1, -0.05) is 6.92 Å². The molecule has 0 N–H and O–H groups in total. The van der Waals surface area contributed by atoms with Crippen LogP contribution >= 0.6 is 0 Å². The third-order valence-electron chi connectivity index (χ3n) is 2.37. The highest BCUT2D eigenvalue weighted by Gasteiger charge is 2.42. The fourth-order valence-corrected chi connectivity index (χ4v) is 0.888. The van der Waals surface area contributed by atoms with E-state index in [9.17, 15) is 0 Å². The van der Waals surface area contributed by atoms with E-state index in [2.05, 4.69) is 13.8 Å². The molecule has 0 spiro atoms. The number of methoxy groups -OCH3 is 1. The number of hydrogen-bond acceptors (Lipinski definition) is 1. The first-order valence-electron chi connectivity index (χ1n) is 3.22. The topological polar surface area (TPSA) is 9.23 Å². The van der Waals surface area contributed by atoms with Gasteiger partial charge in [-0.15, -0.1) is 0 Å². The van der Waals surface area contributed by atoms with Crippen LogP contribution in [0.2, 0.25) is 0 Å². The summed E-state index contributed by atoms with van der Waals surface area (Å²) >= 11 is 0. The lowest BCUT2D eigenvalue weighted by Crippen LogP contribution is -2.16. The molecule has 1 aliphatic carbocycles. The molecular formula is C7H14O. The Morgan fingerprint density at radius 3 is 2.12 bits per heavy atom. The standard InChI is InChI=1S/C7H14O/c1-6(8-3)7(2)4-5-7/h6H,4-5H2,1-3H3/t6-/m1/s1. The Labute approximate surface area is 51.0 Å². The van der Waals surface area contributed by atoms with Crippen LogP contribution in [0, 0.1) is 5.41 Å². The Kier molecular flexibility index (Phi) is 1.31. The van der Waals surface area contributed by atoms with E-state index in [0.717, 1.165) is 0 Å². The summed E-state index contributed by atoms with van der Waals surface area (Å²) in [5.41, 5.74) is 0.536. The normalized spacial score (nSPS) is 27.4. The van der Waals surface area contributed by atoms with Gasteiger partial charge in [0.1, 0.15) is 0 Å². The van der Waals surface area contributed by atoms with Crippen LogP contribution in [0.1, 0.15) is 26.7 Å². The maximum absolute atomic E-state index is 5.18. The van der Waals surface area contributed by atoms with E-state index >= 15 is 0 Å². The number of ether oxygens (including phenoxy) is 1. The first kappa shape index (κ1) is 6.09. The molecule has 1 nitrogen and oxygen atoms in total. The monoisotopic (exact) mass is 114 g/mol. The van der Waals surface area contributed by atoms with Gasteiger partial charge < -0.3 is 4.74 Å². The minimum atomic E-state index is 0.461. The molecule has 0 bridgehead atoms. The van der Waals surface area contributed by atoms with Crippen molar-refractivity contribution in [3.63, 3.8) is 0 Å². The molecule has 0 aromatic rings. The molecule has 1 rings (SSSR count). The van der Waals surface area contributed by atoms with Crippen molar-refractivity contribution < 1.29 is 4.74 Å². The van der Waals surface area contributed by atoms with Crippen molar-refractivity contribution >= 4 is 0 Å². The van der Waals surface area contributed by atoms with Crippen molar-refractivity contribution in [1.29, 1.82) is 0 Å². The Bertz CT molecular complexity index is 84.4. The van der Waals surface area contributed by atoms with E-state index in [0.29, 0.717) is 11.5 Å². The first-order chi connectivity index (χ1) is 3.69. The molecule has 0 aromatic carbocycles. The van der Waals surface area contributed by atoms with E-state index in [1.165, 1.54) is 12.8 Å². The van der Waals surface area contributed by atoms with Gasteiger partial charge in [-0.05, 0) is 25.2 Å². The largest absolute Gasteiger partial charge is 0.381 e. The van der Waals surface area contributed by atoms with Crippen LogP contribution in [-0.4, -0.2) is 13.2 Å². The van der Waals surface area contributed by atoms with Gasteiger partial charge in [0.05, 0.1) is 6.10 Å². The zero-order valence-electron chi connectivity index (χ0n) is 5.90. The second kappa shape index (κ2) is 1.73. The molecule has 0 saturated heterocycles. The van der Waals surface area contributed by atoms with Crippen molar-refractivity contribution in [2.75, 3.05) is 7.11 Å². The summed E-state index contributed by atoms with van der Waals surface area (Å²) in [5.74, 6) is 0. The Balaban J connectivity index is 2.34. The third kappa shape index (κ3) is 0.873. The zero-order chi connectivity index (χ0) is 6.20. The minimum absolute atomic E-state index is 0.461. The maximum Gasteiger partial charge on any atom is 0.0596 e. The SMILES string of the molecule is CO[C@H](C)C1(C)CC1. The van der Waals surface area contributed by atoms with Gasteiger partial charge in [0.2, 0.25) is 0 Å². The van der Waals surface area contributed by atoms with Crippen LogP contribution in [0.5, 0.6) is 0 Å². The van der Waals surface area contributed by atoms with Crippen molar-refractivity contribution in [3.8, 4) is 0 Å². The van der Waals surface area contributed by atoms with Gasteiger partial charge in [-0.2, -0.15) is 0 Å². The van der Waals surface area contributed by atoms with E-state index in [1.807, 2.05) is 0 Å². The van der Waals surface area contributed by atoms with E-state index in [-0.39, 0.29) is 0 Å². The second-order valence-corrected chi connectivity index (χ2v) is 3.03. The minimum Gasteiger partial charge on any atom is -0.381 e. The van der Waals surface area contributed by atoms with Gasteiger partial charge in [0.25, 0.3) is 0 Å². The van der Waals surface area contributed by atoms with Crippen molar-refractivity contribution in [1.82, 2.24) is 0 Å². The number of rotatable bonds is 2. The Hall–Kier alpha value is -0.0400. The quantitative estimate of drug-likeness (QED) is 0.532. The Morgan fingerprint density at radius 2 is 2.00 bits per heavy atom. The van der Waals surface area contributed by atoms with Gasteiger partial charge in [-0.3, -0.25) is 0 Å². The van der Waals surface area contributed by atoms with Crippen molar-refractivity contribution in [2.24, 2.45) is 5.41 Å². The van der Waals surface area contributed by atoms with Crippen molar-refractivity contribution in [2.45, 2.75) is 32.8 Å². The molecule has 0 aromatic heterocycles. The fourth-order valence-electron chi connectivity index (χ4n) is 0.888. The molecule has 0 amide bonds. The van der Waals surface area contributed by atoms with E-state index < -0.39 is 0 Å². The average molecular weight is 114 g/mol. The summed E-state index contributed by atoms with van der Waals surface area (Å²) in [6.07, 6.45) is 3.16. The second-order valence-electron chi connectivity index (χ2n) is 3.03. The van der Waals surface area contributed by atoms with Crippen LogP contribution in [0.15, 0.2) is 0 Å². The molecule has 1 heteroatoms. The molecule has 1 saturated carbocycles. The molecule has 0 aliphatic heterocycles. The van der Waals surface area contributed by atoms with Crippen molar-refractivity contribution in [3.05, 3.63) is 0 Å². The van der Waals surface area contributed by atoms with Gasteiger partial charge in [0, 0.05) is 7.11 Å². The maximum atomic E-state index is 5.18. The van der Waals surface area contributed by atoms with Crippen LogP contribution in [-0.2, 0) is 4.74 Å². The lowest BCUT2D eigenvalue weighted by atomic mass is 10.0. The van der Waals surface area contributed by atoms with E-state index in [4.69, 9.17) is 4.74 Å². The zero-order valence-corrected chi connectivity index (χ0v) is 5.90. The average Bonchev–Trinajstić information content (AvgIpc) is 2.47. The predicted molar refractivity (Wildman–Crippen MR) is 33.8 cm³/mol. The molecule has 1 fully saturated rings. The van der Waals surface area contributed by atoms with Crippen LogP contribution in [0.3, 0.4) is 0 Å². The van der Waals surface area contributed by atoms with Gasteiger partial charge >= 0.3 is 0 Å². The molecule has 0 unspecified atom stereocenters. The molecule has 0 radical (unpaired) electrons. The smallest absolute Gasteiger partial charge is 0.0596 e. The molecule has 8 heavy (non-hydrogen) atoms. The number of hydrogen-bond donors (Lipinski definition) is 0. The fraction of sp³-hybridized carbons (Fsp3) is 1.00. The van der Waals surface area contributed by atoms with E-state index in [1.54, 1.807) is 7.11 Å². The Morgan fingerprint density at radius 1 is 1.50 bits per heavy atom. The lowest BCUT2D eigenvalue weighted by molar-refractivity contribution is 0.0627.